The van der Waals surface area contributed by atoms with Crippen molar-refractivity contribution in [2.24, 2.45) is 0 Å². The number of rotatable bonds is 6. The number of aliphatic carboxylic acids is 1. The van der Waals surface area contributed by atoms with Crippen LogP contribution < -0.4 is 0 Å². The number of thiophene rings is 1. The Kier molecular flexibility index (Phi) is 5.03. The van der Waals surface area contributed by atoms with Crippen LogP contribution in [0.3, 0.4) is 0 Å². The molecule has 1 aromatic carbocycles. The van der Waals surface area contributed by atoms with Crippen LogP contribution in [-0.2, 0) is 19.6 Å². The molecule has 0 aliphatic heterocycles. The first-order valence-corrected chi connectivity index (χ1v) is 8.82. The lowest BCUT2D eigenvalue weighted by atomic mass is 10.2. The number of carboxylic acid groups (broad SMARTS) is 1. The molecule has 0 bridgehead atoms. The standard InChI is InChI=1S/C14H15NO6S2/c1-15(8-7-11(16)17)23(19,20)13-9-5-3-4-6-10(9)22-12(13)14(18)21-2/h3-6H,7-8H2,1-2H3,(H,16,17). The van der Waals surface area contributed by atoms with E-state index in [-0.39, 0.29) is 22.7 Å². The molecule has 0 radical (unpaired) electrons. The fraction of sp³-hybridized carbons (Fsp3) is 0.286. The number of ether oxygens (including phenoxy) is 1. The van der Waals surface area contributed by atoms with Crippen LogP contribution >= 0.6 is 11.3 Å². The molecule has 2 aromatic rings. The Morgan fingerprint density at radius 2 is 1.96 bits per heavy atom. The third kappa shape index (κ3) is 3.36. The van der Waals surface area contributed by atoms with Gasteiger partial charge < -0.3 is 9.84 Å². The van der Waals surface area contributed by atoms with Crippen molar-refractivity contribution in [3.63, 3.8) is 0 Å². The molecule has 23 heavy (non-hydrogen) atoms. The van der Waals surface area contributed by atoms with Crippen molar-refractivity contribution in [2.45, 2.75) is 11.3 Å². The number of carbonyl (C=O) groups is 2. The normalized spacial score (nSPS) is 11.8. The average Bonchev–Trinajstić information content (AvgIpc) is 2.91. The van der Waals surface area contributed by atoms with Crippen molar-refractivity contribution in [3.05, 3.63) is 29.1 Å². The van der Waals surface area contributed by atoms with Crippen LogP contribution in [-0.4, -0.2) is 50.5 Å². The Labute approximate surface area is 137 Å². The molecule has 0 atom stereocenters. The van der Waals surface area contributed by atoms with E-state index in [1.807, 2.05) is 0 Å². The zero-order chi connectivity index (χ0) is 17.2. The van der Waals surface area contributed by atoms with Gasteiger partial charge in [0.2, 0.25) is 10.0 Å². The van der Waals surface area contributed by atoms with Gasteiger partial charge in [0, 0.05) is 23.7 Å². The molecule has 0 saturated heterocycles. The molecule has 1 N–H and O–H groups in total. The molecule has 124 valence electrons. The van der Waals surface area contributed by atoms with Crippen LogP contribution in [0.25, 0.3) is 10.1 Å². The van der Waals surface area contributed by atoms with Crippen molar-refractivity contribution in [3.8, 4) is 0 Å². The third-order valence-corrected chi connectivity index (χ3v) is 6.45. The predicted octanol–water partition coefficient (Wildman–Crippen LogP) is 1.78. The van der Waals surface area contributed by atoms with Gasteiger partial charge in [0.1, 0.15) is 9.77 Å². The Morgan fingerprint density at radius 1 is 1.30 bits per heavy atom. The second-order valence-corrected chi connectivity index (χ2v) is 7.75. The number of hydrogen-bond acceptors (Lipinski definition) is 6. The van der Waals surface area contributed by atoms with Crippen LogP contribution in [0.2, 0.25) is 0 Å². The Morgan fingerprint density at radius 3 is 2.57 bits per heavy atom. The summed E-state index contributed by atoms with van der Waals surface area (Å²) in [7, 11) is -1.56. The summed E-state index contributed by atoms with van der Waals surface area (Å²) in [6.45, 7) is -0.192. The van der Waals surface area contributed by atoms with Crippen LogP contribution in [0.5, 0.6) is 0 Å². The minimum absolute atomic E-state index is 0.0177. The number of methoxy groups -OCH3 is 1. The first kappa shape index (κ1) is 17.4. The molecule has 0 amide bonds. The van der Waals surface area contributed by atoms with Gasteiger partial charge in [-0.3, -0.25) is 4.79 Å². The van der Waals surface area contributed by atoms with Gasteiger partial charge >= 0.3 is 11.9 Å². The summed E-state index contributed by atoms with van der Waals surface area (Å²) >= 11 is 1.03. The maximum Gasteiger partial charge on any atom is 0.349 e. The van der Waals surface area contributed by atoms with Gasteiger partial charge in [0.15, 0.2) is 0 Å². The predicted molar refractivity (Wildman–Crippen MR) is 85.2 cm³/mol. The molecule has 0 saturated carbocycles. The SMILES string of the molecule is COC(=O)c1sc2ccccc2c1S(=O)(=O)N(C)CCC(=O)O. The highest BCUT2D eigenvalue weighted by molar-refractivity contribution is 7.89. The topological polar surface area (TPSA) is 101 Å². The molecular weight excluding hydrogens is 342 g/mol. The molecule has 9 heteroatoms. The Bertz CT molecular complexity index is 855. The highest BCUT2D eigenvalue weighted by atomic mass is 32.2. The van der Waals surface area contributed by atoms with Gasteiger partial charge in [0.05, 0.1) is 13.5 Å². The summed E-state index contributed by atoms with van der Waals surface area (Å²) in [4.78, 5) is 22.4. The smallest absolute Gasteiger partial charge is 0.349 e. The molecule has 0 spiro atoms. The average molecular weight is 357 g/mol. The number of sulfonamides is 1. The maximum absolute atomic E-state index is 12.8. The molecule has 1 aromatic heterocycles. The van der Waals surface area contributed by atoms with E-state index >= 15 is 0 Å². The van der Waals surface area contributed by atoms with Crippen molar-refractivity contribution in [1.29, 1.82) is 0 Å². The zero-order valence-corrected chi connectivity index (χ0v) is 14.1. The second-order valence-electron chi connectivity index (χ2n) is 4.72. The van der Waals surface area contributed by atoms with E-state index in [0.717, 1.165) is 15.6 Å². The first-order chi connectivity index (χ1) is 10.8. The summed E-state index contributed by atoms with van der Waals surface area (Å²) in [6, 6.07) is 6.73. The van der Waals surface area contributed by atoms with Crippen molar-refractivity contribution >= 4 is 43.4 Å². The number of esters is 1. The van der Waals surface area contributed by atoms with Crippen molar-refractivity contribution < 1.29 is 27.9 Å². The molecule has 0 aliphatic carbocycles. The molecule has 0 fully saturated rings. The van der Waals surface area contributed by atoms with Gasteiger partial charge in [-0.2, -0.15) is 0 Å². The van der Waals surface area contributed by atoms with Gasteiger partial charge in [-0.1, -0.05) is 18.2 Å². The van der Waals surface area contributed by atoms with E-state index in [9.17, 15) is 18.0 Å². The fourth-order valence-electron chi connectivity index (χ4n) is 2.03. The summed E-state index contributed by atoms with van der Waals surface area (Å²) in [6.07, 6.45) is -0.328. The molecule has 1 heterocycles. The fourth-order valence-corrected chi connectivity index (χ4v) is 4.97. The Hall–Kier alpha value is -1.97. The zero-order valence-electron chi connectivity index (χ0n) is 12.5. The lowest BCUT2D eigenvalue weighted by Gasteiger charge is -2.16. The van der Waals surface area contributed by atoms with E-state index in [0.29, 0.717) is 10.1 Å². The number of nitrogens with zero attached hydrogens (tertiary/aromatic N) is 1. The number of fused-ring (bicyclic) bond motifs is 1. The minimum atomic E-state index is -4.02. The number of benzene rings is 1. The van der Waals surface area contributed by atoms with Crippen LogP contribution in [0, 0.1) is 0 Å². The largest absolute Gasteiger partial charge is 0.481 e. The molecule has 0 unspecified atom stereocenters. The van der Waals surface area contributed by atoms with Gasteiger partial charge in [0.25, 0.3) is 0 Å². The van der Waals surface area contributed by atoms with E-state index in [1.165, 1.54) is 14.2 Å². The van der Waals surface area contributed by atoms with E-state index in [4.69, 9.17) is 5.11 Å². The van der Waals surface area contributed by atoms with Crippen LogP contribution in [0.15, 0.2) is 29.2 Å². The molecule has 7 nitrogen and oxygen atoms in total. The van der Waals surface area contributed by atoms with E-state index in [2.05, 4.69) is 4.74 Å². The van der Waals surface area contributed by atoms with Gasteiger partial charge in [-0.25, -0.2) is 17.5 Å². The lowest BCUT2D eigenvalue weighted by Crippen LogP contribution is -2.30. The second kappa shape index (κ2) is 6.65. The van der Waals surface area contributed by atoms with Gasteiger partial charge in [-0.15, -0.1) is 11.3 Å². The number of carboxylic acids is 1. The number of hydrogen-bond donors (Lipinski definition) is 1. The first-order valence-electron chi connectivity index (χ1n) is 6.57. The van der Waals surface area contributed by atoms with Crippen molar-refractivity contribution in [2.75, 3.05) is 20.7 Å². The van der Waals surface area contributed by atoms with Gasteiger partial charge in [-0.05, 0) is 6.07 Å². The molecular formula is C14H15NO6S2. The monoisotopic (exact) mass is 357 g/mol. The highest BCUT2D eigenvalue weighted by Gasteiger charge is 2.31. The van der Waals surface area contributed by atoms with E-state index in [1.54, 1.807) is 24.3 Å². The minimum Gasteiger partial charge on any atom is -0.481 e. The summed E-state index contributed by atoms with van der Waals surface area (Å²) in [5.74, 6) is -1.84. The van der Waals surface area contributed by atoms with Crippen LogP contribution in [0.4, 0.5) is 0 Å². The summed E-state index contributed by atoms with van der Waals surface area (Å²) < 4.78 is 31.8. The lowest BCUT2D eigenvalue weighted by molar-refractivity contribution is -0.137. The van der Waals surface area contributed by atoms with E-state index < -0.39 is 22.0 Å². The van der Waals surface area contributed by atoms with Crippen molar-refractivity contribution in [1.82, 2.24) is 4.31 Å². The maximum atomic E-state index is 12.8. The molecule has 2 rings (SSSR count). The molecule has 0 aliphatic rings. The summed E-state index contributed by atoms with van der Waals surface area (Å²) in [5.41, 5.74) is 0. The summed E-state index contributed by atoms with van der Waals surface area (Å²) in [5, 5.41) is 9.13. The quantitative estimate of drug-likeness (QED) is 0.791. The highest BCUT2D eigenvalue weighted by Crippen LogP contribution is 2.36. The third-order valence-electron chi connectivity index (χ3n) is 3.23. The Balaban J connectivity index is 2.60. The number of carbonyl (C=O) groups excluding carboxylic acids is 1. The van der Waals surface area contributed by atoms with Crippen LogP contribution in [0.1, 0.15) is 16.1 Å².